The summed E-state index contributed by atoms with van der Waals surface area (Å²) in [5, 5.41) is 0. The SMILES string of the molecule is O=C(CC(F)(F)C(F)F)N1CCN(c2ccc(F)cn2)CC1. The number of halogens is 5. The van der Waals surface area contributed by atoms with Crippen LogP contribution in [0.25, 0.3) is 0 Å². The molecule has 1 aromatic heterocycles. The van der Waals surface area contributed by atoms with Crippen LogP contribution in [0.5, 0.6) is 0 Å². The maximum absolute atomic E-state index is 12.9. The van der Waals surface area contributed by atoms with Gasteiger partial charge in [-0.05, 0) is 12.1 Å². The molecular weight excluding hydrogens is 309 g/mol. The van der Waals surface area contributed by atoms with Gasteiger partial charge in [0.05, 0.1) is 12.6 Å². The minimum atomic E-state index is -4.31. The number of rotatable bonds is 4. The highest BCUT2D eigenvalue weighted by Crippen LogP contribution is 2.27. The van der Waals surface area contributed by atoms with Crippen LogP contribution in [0.15, 0.2) is 18.3 Å². The molecule has 2 rings (SSSR count). The predicted octanol–water partition coefficient (Wildman–Crippen LogP) is 2.16. The number of alkyl halides is 4. The van der Waals surface area contributed by atoms with Crippen molar-refractivity contribution in [2.45, 2.75) is 18.8 Å². The maximum Gasteiger partial charge on any atom is 0.316 e. The molecule has 1 saturated heterocycles. The molecule has 1 amide bonds. The summed E-state index contributed by atoms with van der Waals surface area (Å²) < 4.78 is 62.7. The molecule has 1 fully saturated rings. The van der Waals surface area contributed by atoms with Gasteiger partial charge in [0.25, 0.3) is 0 Å². The van der Waals surface area contributed by atoms with E-state index in [0.29, 0.717) is 18.9 Å². The van der Waals surface area contributed by atoms with Crippen LogP contribution >= 0.6 is 0 Å². The van der Waals surface area contributed by atoms with Crippen molar-refractivity contribution < 1.29 is 26.7 Å². The van der Waals surface area contributed by atoms with Crippen molar-refractivity contribution in [3.8, 4) is 0 Å². The van der Waals surface area contributed by atoms with E-state index in [9.17, 15) is 26.7 Å². The maximum atomic E-state index is 12.9. The van der Waals surface area contributed by atoms with E-state index >= 15 is 0 Å². The van der Waals surface area contributed by atoms with Crippen LogP contribution in [0.3, 0.4) is 0 Å². The normalized spacial score (nSPS) is 16.3. The molecule has 1 aromatic rings. The largest absolute Gasteiger partial charge is 0.353 e. The highest BCUT2D eigenvalue weighted by Gasteiger charge is 2.44. The summed E-state index contributed by atoms with van der Waals surface area (Å²) in [5.41, 5.74) is 0. The van der Waals surface area contributed by atoms with Crippen LogP contribution in [-0.4, -0.2) is 54.3 Å². The Morgan fingerprint density at radius 1 is 1.23 bits per heavy atom. The molecule has 0 bridgehead atoms. The Morgan fingerprint density at radius 3 is 2.36 bits per heavy atom. The molecule has 4 nitrogen and oxygen atoms in total. The van der Waals surface area contributed by atoms with Crippen molar-refractivity contribution in [1.29, 1.82) is 0 Å². The molecule has 0 unspecified atom stereocenters. The monoisotopic (exact) mass is 323 g/mol. The van der Waals surface area contributed by atoms with E-state index in [1.807, 2.05) is 0 Å². The van der Waals surface area contributed by atoms with E-state index < -0.39 is 30.5 Å². The first kappa shape index (κ1) is 16.4. The Morgan fingerprint density at radius 2 is 1.86 bits per heavy atom. The van der Waals surface area contributed by atoms with Gasteiger partial charge >= 0.3 is 12.3 Å². The average molecular weight is 323 g/mol. The first-order valence-electron chi connectivity index (χ1n) is 6.60. The third-order valence-electron chi connectivity index (χ3n) is 3.37. The number of nitrogens with zero attached hydrogens (tertiary/aromatic N) is 3. The second kappa shape index (κ2) is 6.45. The summed E-state index contributed by atoms with van der Waals surface area (Å²) in [7, 11) is 0. The number of aromatic nitrogens is 1. The van der Waals surface area contributed by atoms with E-state index in [-0.39, 0.29) is 13.1 Å². The minimum Gasteiger partial charge on any atom is -0.353 e. The van der Waals surface area contributed by atoms with Crippen molar-refractivity contribution in [3.05, 3.63) is 24.1 Å². The fourth-order valence-electron chi connectivity index (χ4n) is 2.13. The lowest BCUT2D eigenvalue weighted by Crippen LogP contribution is -2.50. The molecule has 0 radical (unpaired) electrons. The van der Waals surface area contributed by atoms with Gasteiger partial charge in [-0.2, -0.15) is 8.78 Å². The number of anilines is 1. The Kier molecular flexibility index (Phi) is 4.82. The second-order valence-electron chi connectivity index (χ2n) is 4.94. The van der Waals surface area contributed by atoms with E-state index in [0.717, 1.165) is 11.1 Å². The third-order valence-corrected chi connectivity index (χ3v) is 3.37. The van der Waals surface area contributed by atoms with Gasteiger partial charge in [-0.1, -0.05) is 0 Å². The van der Waals surface area contributed by atoms with Gasteiger partial charge in [0.2, 0.25) is 5.91 Å². The molecule has 0 saturated carbocycles. The van der Waals surface area contributed by atoms with Gasteiger partial charge < -0.3 is 9.80 Å². The first-order valence-corrected chi connectivity index (χ1v) is 6.60. The van der Waals surface area contributed by atoms with Gasteiger partial charge in [-0.15, -0.1) is 0 Å². The van der Waals surface area contributed by atoms with Gasteiger partial charge in [0.1, 0.15) is 11.6 Å². The lowest BCUT2D eigenvalue weighted by atomic mass is 10.2. The second-order valence-corrected chi connectivity index (χ2v) is 4.94. The fraction of sp³-hybridized carbons (Fsp3) is 0.538. The van der Waals surface area contributed by atoms with Crippen LogP contribution in [0.2, 0.25) is 0 Å². The zero-order valence-corrected chi connectivity index (χ0v) is 11.5. The van der Waals surface area contributed by atoms with E-state index in [1.54, 1.807) is 4.90 Å². The van der Waals surface area contributed by atoms with Crippen LogP contribution in [-0.2, 0) is 4.79 Å². The van der Waals surface area contributed by atoms with E-state index in [1.165, 1.54) is 12.1 Å². The van der Waals surface area contributed by atoms with Crippen LogP contribution < -0.4 is 4.90 Å². The van der Waals surface area contributed by atoms with Crippen molar-refractivity contribution in [2.75, 3.05) is 31.1 Å². The molecule has 2 heterocycles. The Bertz CT molecular complexity index is 515. The molecule has 9 heteroatoms. The summed E-state index contributed by atoms with van der Waals surface area (Å²) in [4.78, 5) is 18.4. The van der Waals surface area contributed by atoms with Gasteiger partial charge in [-0.3, -0.25) is 4.79 Å². The van der Waals surface area contributed by atoms with Crippen molar-refractivity contribution in [1.82, 2.24) is 9.88 Å². The Hall–Kier alpha value is -1.93. The number of amides is 1. The molecule has 1 aliphatic heterocycles. The highest BCUT2D eigenvalue weighted by atomic mass is 19.3. The molecule has 0 N–H and O–H groups in total. The molecule has 122 valence electrons. The number of carbonyl (C=O) groups excluding carboxylic acids is 1. The fourth-order valence-corrected chi connectivity index (χ4v) is 2.13. The Labute approximate surface area is 123 Å². The van der Waals surface area contributed by atoms with Crippen molar-refractivity contribution in [2.24, 2.45) is 0 Å². The van der Waals surface area contributed by atoms with Crippen LogP contribution in [0.1, 0.15) is 6.42 Å². The number of piperazine rings is 1. The lowest BCUT2D eigenvalue weighted by Gasteiger charge is -2.35. The molecular formula is C13H14F5N3O. The molecule has 0 spiro atoms. The van der Waals surface area contributed by atoms with Crippen LogP contribution in [0, 0.1) is 5.82 Å². The van der Waals surface area contributed by atoms with Crippen LogP contribution in [0.4, 0.5) is 27.8 Å². The van der Waals surface area contributed by atoms with E-state index in [4.69, 9.17) is 0 Å². The predicted molar refractivity (Wildman–Crippen MR) is 68.6 cm³/mol. The lowest BCUT2D eigenvalue weighted by molar-refractivity contribution is -0.158. The first-order chi connectivity index (χ1) is 10.3. The average Bonchev–Trinajstić information content (AvgIpc) is 2.47. The van der Waals surface area contributed by atoms with Crippen molar-refractivity contribution in [3.63, 3.8) is 0 Å². The zero-order valence-electron chi connectivity index (χ0n) is 11.5. The molecule has 0 atom stereocenters. The number of hydrogen-bond acceptors (Lipinski definition) is 3. The van der Waals surface area contributed by atoms with Crippen molar-refractivity contribution >= 4 is 11.7 Å². The minimum absolute atomic E-state index is 0.122. The summed E-state index contributed by atoms with van der Waals surface area (Å²) in [6.07, 6.45) is -4.31. The smallest absolute Gasteiger partial charge is 0.316 e. The highest BCUT2D eigenvalue weighted by molar-refractivity contribution is 5.77. The molecule has 0 aromatic carbocycles. The quantitative estimate of drug-likeness (QED) is 0.797. The van der Waals surface area contributed by atoms with Gasteiger partial charge in [0, 0.05) is 26.2 Å². The Balaban J connectivity index is 1.89. The third kappa shape index (κ3) is 3.83. The number of pyridine rings is 1. The topological polar surface area (TPSA) is 36.4 Å². The summed E-state index contributed by atoms with van der Waals surface area (Å²) in [6, 6.07) is 2.71. The van der Waals surface area contributed by atoms with Gasteiger partial charge in [-0.25, -0.2) is 18.2 Å². The number of hydrogen-bond donors (Lipinski definition) is 0. The zero-order chi connectivity index (χ0) is 16.3. The number of carbonyl (C=O) groups is 1. The standard InChI is InChI=1S/C13H14F5N3O/c14-9-1-2-10(19-8-9)20-3-5-21(6-4-20)11(22)7-13(17,18)12(15)16/h1-2,8,12H,3-7H2. The molecule has 1 aliphatic rings. The van der Waals surface area contributed by atoms with Gasteiger partial charge in [0.15, 0.2) is 0 Å². The van der Waals surface area contributed by atoms with E-state index in [2.05, 4.69) is 4.98 Å². The molecule has 22 heavy (non-hydrogen) atoms. The summed E-state index contributed by atoms with van der Waals surface area (Å²) in [5.74, 6) is -5.29. The summed E-state index contributed by atoms with van der Waals surface area (Å²) in [6.45, 7) is 0.865. The molecule has 0 aliphatic carbocycles. The summed E-state index contributed by atoms with van der Waals surface area (Å²) >= 11 is 0.